The summed E-state index contributed by atoms with van der Waals surface area (Å²) in [6.07, 6.45) is -0.248. The lowest BCUT2D eigenvalue weighted by molar-refractivity contribution is -0.179. The average molecular weight is 433 g/mol. The first kappa shape index (κ1) is 20.1. The van der Waals surface area contributed by atoms with Crippen LogP contribution in [0.2, 0.25) is 0 Å². The smallest absolute Gasteiger partial charge is 0.317 e. The first-order valence-electron chi connectivity index (χ1n) is 10.4. The van der Waals surface area contributed by atoms with Gasteiger partial charge in [-0.3, -0.25) is 9.69 Å². The second kappa shape index (κ2) is 8.38. The zero-order chi connectivity index (χ0) is 21.3. The quantitative estimate of drug-likeness (QED) is 0.596. The van der Waals surface area contributed by atoms with Gasteiger partial charge >= 0.3 is 5.97 Å². The van der Waals surface area contributed by atoms with Crippen LogP contribution in [0.4, 0.5) is 5.69 Å². The number of benzene rings is 3. The second-order valence-electron chi connectivity index (χ2n) is 7.87. The summed E-state index contributed by atoms with van der Waals surface area (Å²) in [6, 6.07) is 30.7. The van der Waals surface area contributed by atoms with Crippen LogP contribution in [0, 0.1) is 0 Å². The molecule has 2 saturated heterocycles. The number of likely N-dealkylation sites (tertiary alicyclic amines) is 1. The number of anilines is 1. The number of nitrogens with zero attached hydrogens (tertiary/aromatic N) is 2. The Labute approximate surface area is 186 Å². The number of carbonyl (C=O) groups is 1. The third kappa shape index (κ3) is 3.71. The van der Waals surface area contributed by atoms with Crippen molar-refractivity contribution in [3.05, 3.63) is 102 Å². The van der Waals surface area contributed by atoms with Gasteiger partial charge in [-0.05, 0) is 23.3 Å². The molecular formula is C25H24N2O3S. The van der Waals surface area contributed by atoms with Crippen LogP contribution in [-0.2, 0) is 9.53 Å². The average Bonchev–Trinajstić information content (AvgIpc) is 3.09. The minimum absolute atomic E-state index is 0.0206. The summed E-state index contributed by atoms with van der Waals surface area (Å²) in [5, 5.41) is 9.33. The van der Waals surface area contributed by atoms with Gasteiger partial charge in [0.05, 0.1) is 19.0 Å². The Hall–Kier alpha value is -2.80. The maximum Gasteiger partial charge on any atom is 0.317 e. The molecule has 0 radical (unpaired) electrons. The van der Waals surface area contributed by atoms with Crippen LogP contribution in [0.3, 0.4) is 0 Å². The summed E-state index contributed by atoms with van der Waals surface area (Å²) >= 11 is 1.74. The van der Waals surface area contributed by atoms with E-state index in [9.17, 15) is 9.90 Å². The van der Waals surface area contributed by atoms with E-state index in [1.54, 1.807) is 11.8 Å². The molecule has 2 aliphatic rings. The van der Waals surface area contributed by atoms with Gasteiger partial charge in [-0.15, -0.1) is 11.8 Å². The lowest BCUT2D eigenvalue weighted by Crippen LogP contribution is -2.74. The molecule has 6 heteroatoms. The molecule has 2 fully saturated rings. The van der Waals surface area contributed by atoms with Gasteiger partial charge < -0.3 is 14.7 Å². The van der Waals surface area contributed by atoms with E-state index in [1.807, 2.05) is 59.5 Å². The SMILES string of the molecule is O=C(O)CN1CC2(OC(c3ccccc3)c3ccccc3)C1SCN2c1ccccc1. The number of aliphatic carboxylic acids is 1. The van der Waals surface area contributed by atoms with Crippen molar-refractivity contribution in [2.24, 2.45) is 0 Å². The Morgan fingerprint density at radius 2 is 1.52 bits per heavy atom. The Balaban J connectivity index is 1.54. The van der Waals surface area contributed by atoms with Crippen molar-refractivity contribution >= 4 is 23.4 Å². The van der Waals surface area contributed by atoms with Crippen LogP contribution < -0.4 is 4.90 Å². The first-order chi connectivity index (χ1) is 15.2. The summed E-state index contributed by atoms with van der Waals surface area (Å²) < 4.78 is 7.02. The summed E-state index contributed by atoms with van der Waals surface area (Å²) in [7, 11) is 0. The molecule has 2 unspecified atom stereocenters. The highest BCUT2D eigenvalue weighted by Gasteiger charge is 2.63. The van der Waals surface area contributed by atoms with Gasteiger partial charge in [0, 0.05) is 5.69 Å². The molecule has 0 bridgehead atoms. The second-order valence-corrected chi connectivity index (χ2v) is 8.91. The number of hydrogen-bond acceptors (Lipinski definition) is 5. The van der Waals surface area contributed by atoms with Crippen LogP contribution in [0.15, 0.2) is 91.0 Å². The minimum atomic E-state index is -0.810. The number of para-hydroxylation sites is 1. The topological polar surface area (TPSA) is 53.0 Å². The molecule has 0 saturated carbocycles. The highest BCUT2D eigenvalue weighted by Crippen LogP contribution is 2.52. The fourth-order valence-electron chi connectivity index (χ4n) is 4.49. The van der Waals surface area contributed by atoms with Crippen LogP contribution in [-0.4, -0.2) is 46.0 Å². The lowest BCUT2D eigenvalue weighted by atomic mass is 9.96. The van der Waals surface area contributed by atoms with Crippen LogP contribution in [0.25, 0.3) is 0 Å². The normalized spacial score (nSPS) is 22.9. The van der Waals surface area contributed by atoms with Gasteiger partial charge in [0.1, 0.15) is 11.5 Å². The molecule has 1 N–H and O–H groups in total. The molecule has 0 aromatic heterocycles. The third-order valence-electron chi connectivity index (χ3n) is 5.90. The van der Waals surface area contributed by atoms with Gasteiger partial charge in [-0.1, -0.05) is 78.9 Å². The maximum atomic E-state index is 11.4. The summed E-state index contributed by atoms with van der Waals surface area (Å²) in [5.41, 5.74) is 2.66. The van der Waals surface area contributed by atoms with Gasteiger partial charge in [0.15, 0.2) is 5.72 Å². The number of thioether (sulfide) groups is 1. The number of rotatable bonds is 7. The summed E-state index contributed by atoms with van der Waals surface area (Å²) in [5.74, 6) is -0.0591. The number of carboxylic acid groups (broad SMARTS) is 1. The summed E-state index contributed by atoms with van der Waals surface area (Å²) in [4.78, 5) is 15.7. The van der Waals surface area contributed by atoms with Crippen molar-refractivity contribution in [3.63, 3.8) is 0 Å². The molecule has 3 aromatic carbocycles. The highest BCUT2D eigenvalue weighted by atomic mass is 32.2. The van der Waals surface area contributed by atoms with Crippen LogP contribution in [0.5, 0.6) is 0 Å². The molecule has 3 aromatic rings. The molecule has 0 spiro atoms. The van der Waals surface area contributed by atoms with Crippen molar-refractivity contribution < 1.29 is 14.6 Å². The third-order valence-corrected chi connectivity index (χ3v) is 7.29. The molecule has 158 valence electrons. The zero-order valence-corrected chi connectivity index (χ0v) is 17.8. The molecule has 2 aliphatic heterocycles. The van der Waals surface area contributed by atoms with E-state index in [-0.39, 0.29) is 18.0 Å². The minimum Gasteiger partial charge on any atom is -0.480 e. The highest BCUT2D eigenvalue weighted by molar-refractivity contribution is 8.00. The van der Waals surface area contributed by atoms with Gasteiger partial charge in [-0.25, -0.2) is 0 Å². The molecule has 5 rings (SSSR count). The zero-order valence-electron chi connectivity index (χ0n) is 17.0. The Bertz CT molecular complexity index is 995. The van der Waals surface area contributed by atoms with Crippen molar-refractivity contribution in [2.75, 3.05) is 23.9 Å². The Morgan fingerprint density at radius 3 is 2.06 bits per heavy atom. The fraction of sp³-hybridized carbons (Fsp3) is 0.240. The van der Waals surface area contributed by atoms with E-state index in [0.717, 1.165) is 22.7 Å². The molecule has 2 heterocycles. The predicted octanol–water partition coefficient (Wildman–Crippen LogP) is 4.43. The van der Waals surface area contributed by atoms with Crippen molar-refractivity contribution in [1.82, 2.24) is 4.90 Å². The van der Waals surface area contributed by atoms with Crippen LogP contribution in [0.1, 0.15) is 17.2 Å². The summed E-state index contributed by atoms with van der Waals surface area (Å²) in [6.45, 7) is 0.564. The maximum absolute atomic E-state index is 11.4. The first-order valence-corrected chi connectivity index (χ1v) is 11.4. The van der Waals surface area contributed by atoms with Crippen LogP contribution >= 0.6 is 11.8 Å². The van der Waals surface area contributed by atoms with E-state index in [0.29, 0.717) is 6.54 Å². The van der Waals surface area contributed by atoms with Gasteiger partial charge in [0.2, 0.25) is 0 Å². The monoisotopic (exact) mass is 432 g/mol. The molecule has 31 heavy (non-hydrogen) atoms. The molecule has 0 amide bonds. The van der Waals surface area contributed by atoms with Crippen molar-refractivity contribution in [3.8, 4) is 0 Å². The van der Waals surface area contributed by atoms with Gasteiger partial charge in [0.25, 0.3) is 0 Å². The van der Waals surface area contributed by atoms with Crippen molar-refractivity contribution in [1.29, 1.82) is 0 Å². The van der Waals surface area contributed by atoms with E-state index >= 15 is 0 Å². The number of fused-ring (bicyclic) bond motifs is 1. The van der Waals surface area contributed by atoms with E-state index in [1.165, 1.54) is 0 Å². The number of ether oxygens (including phenoxy) is 1. The largest absolute Gasteiger partial charge is 0.480 e. The van der Waals surface area contributed by atoms with E-state index in [2.05, 4.69) is 41.3 Å². The lowest BCUT2D eigenvalue weighted by Gasteiger charge is -2.56. The number of hydrogen-bond donors (Lipinski definition) is 1. The molecular weight excluding hydrogens is 408 g/mol. The van der Waals surface area contributed by atoms with Crippen molar-refractivity contribution in [2.45, 2.75) is 17.2 Å². The molecule has 5 nitrogen and oxygen atoms in total. The Morgan fingerprint density at radius 1 is 0.968 bits per heavy atom. The Kier molecular flexibility index (Phi) is 5.44. The predicted molar refractivity (Wildman–Crippen MR) is 123 cm³/mol. The van der Waals surface area contributed by atoms with Gasteiger partial charge in [-0.2, -0.15) is 0 Å². The number of carboxylic acids is 1. The molecule has 0 aliphatic carbocycles. The van der Waals surface area contributed by atoms with E-state index in [4.69, 9.17) is 4.74 Å². The fourth-order valence-corrected chi connectivity index (χ4v) is 6.03. The molecule has 2 atom stereocenters. The standard InChI is InChI=1S/C25H24N2O3S/c28-22(29)16-26-17-25(24(26)31-18-27(25)21-14-8-3-9-15-21)30-23(19-10-4-1-5-11-19)20-12-6-2-7-13-20/h1-15,23-24H,16-18H2,(H,28,29). The van der Waals surface area contributed by atoms with E-state index < -0.39 is 11.7 Å².